The third-order valence-electron chi connectivity index (χ3n) is 1.89. The number of nitriles is 1. The Balaban J connectivity index is 2.91. The van der Waals surface area contributed by atoms with Crippen LogP contribution in [0.3, 0.4) is 0 Å². The summed E-state index contributed by atoms with van der Waals surface area (Å²) in [4.78, 5) is 0. The van der Waals surface area contributed by atoms with Crippen molar-refractivity contribution >= 4 is 0 Å². The standard InChI is InChI=1S/C11H11F2N/c1-11(12,13)8-10-5-3-2-4-9(10)6-7-14/h2-5H,6,8H2,1H3. The molecule has 0 heterocycles. The van der Waals surface area contributed by atoms with Gasteiger partial charge in [-0.2, -0.15) is 5.26 Å². The predicted octanol–water partition coefficient (Wildman–Crippen LogP) is 2.95. The fraction of sp³-hybridized carbons (Fsp3) is 0.364. The Bertz CT molecular complexity index is 347. The second-order valence-electron chi connectivity index (χ2n) is 3.35. The van der Waals surface area contributed by atoms with Crippen molar-refractivity contribution in [3.05, 3.63) is 35.4 Å². The highest BCUT2D eigenvalue weighted by Crippen LogP contribution is 2.21. The summed E-state index contributed by atoms with van der Waals surface area (Å²) in [7, 11) is 0. The van der Waals surface area contributed by atoms with Crippen LogP contribution in [0.1, 0.15) is 18.1 Å². The number of nitrogens with zero attached hydrogens (tertiary/aromatic N) is 1. The number of hydrogen-bond donors (Lipinski definition) is 0. The molecule has 0 radical (unpaired) electrons. The van der Waals surface area contributed by atoms with E-state index in [4.69, 9.17) is 5.26 Å². The van der Waals surface area contributed by atoms with E-state index in [0.717, 1.165) is 6.92 Å². The normalized spacial score (nSPS) is 11.0. The van der Waals surface area contributed by atoms with E-state index in [1.807, 2.05) is 6.07 Å². The van der Waals surface area contributed by atoms with Crippen molar-refractivity contribution in [1.82, 2.24) is 0 Å². The van der Waals surface area contributed by atoms with Crippen molar-refractivity contribution in [2.75, 3.05) is 0 Å². The van der Waals surface area contributed by atoms with Crippen LogP contribution in [0.25, 0.3) is 0 Å². The molecular formula is C11H11F2N. The summed E-state index contributed by atoms with van der Waals surface area (Å²) in [5, 5.41) is 8.50. The topological polar surface area (TPSA) is 23.8 Å². The minimum atomic E-state index is -2.72. The largest absolute Gasteiger partial charge is 0.249 e. The molecular weight excluding hydrogens is 184 g/mol. The van der Waals surface area contributed by atoms with E-state index in [2.05, 4.69) is 0 Å². The van der Waals surface area contributed by atoms with Gasteiger partial charge in [-0.15, -0.1) is 0 Å². The minimum absolute atomic E-state index is 0.187. The molecule has 0 spiro atoms. The summed E-state index contributed by atoms with van der Waals surface area (Å²) in [5.41, 5.74) is 1.25. The van der Waals surface area contributed by atoms with Crippen LogP contribution in [-0.2, 0) is 12.8 Å². The first-order chi connectivity index (χ1) is 6.53. The Kier molecular flexibility index (Phi) is 3.19. The summed E-state index contributed by atoms with van der Waals surface area (Å²) < 4.78 is 25.5. The molecule has 0 N–H and O–H groups in total. The van der Waals surface area contributed by atoms with E-state index in [9.17, 15) is 8.78 Å². The summed E-state index contributed by atoms with van der Waals surface area (Å²) in [6, 6.07) is 8.78. The lowest BCUT2D eigenvalue weighted by molar-refractivity contribution is 0.0224. The Morgan fingerprint density at radius 3 is 2.36 bits per heavy atom. The summed E-state index contributed by atoms with van der Waals surface area (Å²) in [6.07, 6.45) is -0.114. The van der Waals surface area contributed by atoms with Crippen molar-refractivity contribution in [2.24, 2.45) is 0 Å². The second-order valence-corrected chi connectivity index (χ2v) is 3.35. The maximum atomic E-state index is 12.7. The van der Waals surface area contributed by atoms with E-state index < -0.39 is 5.92 Å². The molecule has 1 aromatic carbocycles. The highest BCUT2D eigenvalue weighted by molar-refractivity contribution is 5.30. The van der Waals surface area contributed by atoms with Gasteiger partial charge in [0, 0.05) is 6.42 Å². The summed E-state index contributed by atoms with van der Waals surface area (Å²) in [6.45, 7) is 0.885. The van der Waals surface area contributed by atoms with E-state index in [-0.39, 0.29) is 12.8 Å². The second kappa shape index (κ2) is 4.19. The maximum Gasteiger partial charge on any atom is 0.249 e. The Labute approximate surface area is 82.0 Å². The van der Waals surface area contributed by atoms with E-state index in [1.54, 1.807) is 24.3 Å². The first-order valence-corrected chi connectivity index (χ1v) is 4.34. The molecule has 0 aromatic heterocycles. The first kappa shape index (κ1) is 10.6. The van der Waals surface area contributed by atoms with Crippen molar-refractivity contribution < 1.29 is 8.78 Å². The molecule has 0 fully saturated rings. The quantitative estimate of drug-likeness (QED) is 0.727. The first-order valence-electron chi connectivity index (χ1n) is 4.34. The zero-order chi connectivity index (χ0) is 10.6. The summed E-state index contributed by atoms with van der Waals surface area (Å²) >= 11 is 0. The van der Waals surface area contributed by atoms with Crippen LogP contribution in [0, 0.1) is 11.3 Å². The van der Waals surface area contributed by atoms with Gasteiger partial charge in [0.25, 0.3) is 0 Å². The van der Waals surface area contributed by atoms with Crippen molar-refractivity contribution in [1.29, 1.82) is 5.26 Å². The maximum absolute atomic E-state index is 12.7. The molecule has 0 bridgehead atoms. The highest BCUT2D eigenvalue weighted by atomic mass is 19.3. The summed E-state index contributed by atoms with van der Waals surface area (Å²) in [5.74, 6) is -2.72. The van der Waals surface area contributed by atoms with Crippen LogP contribution >= 0.6 is 0 Å². The van der Waals surface area contributed by atoms with Gasteiger partial charge in [-0.25, -0.2) is 8.78 Å². The fourth-order valence-corrected chi connectivity index (χ4v) is 1.32. The fourth-order valence-electron chi connectivity index (χ4n) is 1.32. The molecule has 1 aromatic rings. The number of benzene rings is 1. The van der Waals surface area contributed by atoms with E-state index in [0.29, 0.717) is 11.1 Å². The molecule has 74 valence electrons. The molecule has 1 nitrogen and oxygen atoms in total. The van der Waals surface area contributed by atoms with Gasteiger partial charge in [0.05, 0.1) is 12.5 Å². The van der Waals surface area contributed by atoms with Gasteiger partial charge in [0.1, 0.15) is 0 Å². The number of rotatable bonds is 3. The molecule has 0 amide bonds. The lowest BCUT2D eigenvalue weighted by Crippen LogP contribution is -2.14. The molecule has 0 atom stereocenters. The van der Waals surface area contributed by atoms with E-state index in [1.165, 1.54) is 0 Å². The zero-order valence-electron chi connectivity index (χ0n) is 7.93. The van der Waals surface area contributed by atoms with Gasteiger partial charge >= 0.3 is 0 Å². The predicted molar refractivity (Wildman–Crippen MR) is 50.1 cm³/mol. The lowest BCUT2D eigenvalue weighted by atomic mass is 10.00. The molecule has 14 heavy (non-hydrogen) atoms. The zero-order valence-corrected chi connectivity index (χ0v) is 7.93. The van der Waals surface area contributed by atoms with Crippen molar-refractivity contribution in [2.45, 2.75) is 25.7 Å². The molecule has 3 heteroatoms. The molecule has 1 rings (SSSR count). The average molecular weight is 195 g/mol. The van der Waals surface area contributed by atoms with Crippen LogP contribution in [0.5, 0.6) is 0 Å². The molecule has 0 aliphatic rings. The van der Waals surface area contributed by atoms with Crippen LogP contribution in [0.4, 0.5) is 8.78 Å². The van der Waals surface area contributed by atoms with Gasteiger partial charge in [0.2, 0.25) is 5.92 Å². The average Bonchev–Trinajstić information content (AvgIpc) is 2.06. The highest BCUT2D eigenvalue weighted by Gasteiger charge is 2.22. The van der Waals surface area contributed by atoms with Gasteiger partial charge in [-0.3, -0.25) is 0 Å². The molecule has 0 saturated carbocycles. The van der Waals surface area contributed by atoms with Crippen LogP contribution in [0.2, 0.25) is 0 Å². The third kappa shape index (κ3) is 3.14. The molecule has 0 unspecified atom stereocenters. The number of alkyl halides is 2. The van der Waals surface area contributed by atoms with Crippen molar-refractivity contribution in [3.63, 3.8) is 0 Å². The van der Waals surface area contributed by atoms with Crippen LogP contribution in [-0.4, -0.2) is 5.92 Å². The molecule has 0 saturated heterocycles. The minimum Gasteiger partial charge on any atom is -0.207 e. The molecule has 0 aliphatic carbocycles. The van der Waals surface area contributed by atoms with Crippen LogP contribution < -0.4 is 0 Å². The van der Waals surface area contributed by atoms with Gasteiger partial charge in [-0.05, 0) is 18.1 Å². The van der Waals surface area contributed by atoms with Crippen LogP contribution in [0.15, 0.2) is 24.3 Å². The monoisotopic (exact) mass is 195 g/mol. The van der Waals surface area contributed by atoms with Gasteiger partial charge < -0.3 is 0 Å². The Morgan fingerprint density at radius 1 is 1.29 bits per heavy atom. The smallest absolute Gasteiger partial charge is 0.207 e. The third-order valence-corrected chi connectivity index (χ3v) is 1.89. The Hall–Kier alpha value is -1.43. The number of hydrogen-bond acceptors (Lipinski definition) is 1. The number of halogens is 2. The molecule has 0 aliphatic heterocycles. The van der Waals surface area contributed by atoms with Gasteiger partial charge in [0.15, 0.2) is 0 Å². The Morgan fingerprint density at radius 2 is 1.86 bits per heavy atom. The van der Waals surface area contributed by atoms with Crippen molar-refractivity contribution in [3.8, 4) is 6.07 Å². The van der Waals surface area contributed by atoms with E-state index >= 15 is 0 Å². The SMILES string of the molecule is CC(F)(F)Cc1ccccc1CC#N. The van der Waals surface area contributed by atoms with Gasteiger partial charge in [-0.1, -0.05) is 24.3 Å². The lowest BCUT2D eigenvalue weighted by Gasteiger charge is -2.12.